The van der Waals surface area contributed by atoms with Gasteiger partial charge in [0.15, 0.2) is 0 Å². The zero-order chi connectivity index (χ0) is 17.7. The number of benzene rings is 1. The van der Waals surface area contributed by atoms with Crippen LogP contribution in [0.5, 0.6) is 0 Å². The Morgan fingerprint density at radius 2 is 1.83 bits per heavy atom. The molecule has 1 fully saturated rings. The van der Waals surface area contributed by atoms with E-state index in [2.05, 4.69) is 5.32 Å². The van der Waals surface area contributed by atoms with Crippen molar-refractivity contribution >= 4 is 15.7 Å². The van der Waals surface area contributed by atoms with Crippen LogP contribution in [0.25, 0.3) is 0 Å². The number of nitrogens with zero attached hydrogens (tertiary/aromatic N) is 1. The molecule has 0 bridgehead atoms. The average molecular weight is 360 g/mol. The highest BCUT2D eigenvalue weighted by Crippen LogP contribution is 2.19. The molecule has 1 N–H and O–H groups in total. The van der Waals surface area contributed by atoms with Crippen molar-refractivity contribution < 1.29 is 22.0 Å². The average Bonchev–Trinajstić information content (AvgIpc) is 2.55. The zero-order valence-corrected chi connectivity index (χ0v) is 14.4. The van der Waals surface area contributed by atoms with Gasteiger partial charge in [-0.1, -0.05) is 12.1 Å². The number of nitrogens with one attached hydrogen (secondary N) is 1. The van der Waals surface area contributed by atoms with Gasteiger partial charge in [-0.3, -0.25) is 4.79 Å². The predicted octanol–water partition coefficient (Wildman–Crippen LogP) is 1.90. The minimum absolute atomic E-state index is 0.110. The van der Waals surface area contributed by atoms with Gasteiger partial charge in [0.1, 0.15) is 0 Å². The summed E-state index contributed by atoms with van der Waals surface area (Å²) < 4.78 is 47.2. The first kappa shape index (κ1) is 18.8. The van der Waals surface area contributed by atoms with Crippen LogP contribution in [0.1, 0.15) is 28.8 Å². The molecule has 0 saturated carbocycles. The third kappa shape index (κ3) is 4.73. The molecule has 0 radical (unpaired) electrons. The number of hydrogen-bond donors (Lipinski definition) is 1. The molecule has 1 amide bonds. The molecule has 8 heteroatoms. The van der Waals surface area contributed by atoms with E-state index < -0.39 is 21.3 Å². The van der Waals surface area contributed by atoms with E-state index in [0.717, 1.165) is 19.4 Å². The van der Waals surface area contributed by atoms with Crippen molar-refractivity contribution in [2.24, 2.45) is 5.92 Å². The van der Waals surface area contributed by atoms with E-state index in [4.69, 9.17) is 0 Å². The number of piperidine rings is 1. The monoisotopic (exact) mass is 360 g/mol. The Balaban J connectivity index is 1.97. The summed E-state index contributed by atoms with van der Waals surface area (Å²) in [4.78, 5) is 14.2. The van der Waals surface area contributed by atoms with Crippen molar-refractivity contribution in [1.82, 2.24) is 10.2 Å². The number of carbonyl (C=O) groups is 1. The third-order valence-corrected chi connectivity index (χ3v) is 5.51. The van der Waals surface area contributed by atoms with Crippen LogP contribution in [0, 0.1) is 5.92 Å². The van der Waals surface area contributed by atoms with E-state index in [1.807, 2.05) is 7.05 Å². The number of sulfone groups is 1. The SMILES string of the molecule is CNCC1CCN(C(=O)c2ccc(CS(=O)(=O)C(F)F)cc2)CC1. The number of hydrogen-bond acceptors (Lipinski definition) is 4. The summed E-state index contributed by atoms with van der Waals surface area (Å²) in [6.07, 6.45) is 1.88. The quantitative estimate of drug-likeness (QED) is 0.841. The molecule has 2 rings (SSSR count). The van der Waals surface area contributed by atoms with Crippen LogP contribution in [0.4, 0.5) is 8.78 Å². The second kappa shape index (κ2) is 8.02. The Labute approximate surface area is 141 Å². The van der Waals surface area contributed by atoms with Gasteiger partial charge in [-0.2, -0.15) is 8.78 Å². The summed E-state index contributed by atoms with van der Waals surface area (Å²) in [6, 6.07) is 5.83. The van der Waals surface area contributed by atoms with Crippen LogP contribution in [0.3, 0.4) is 0 Å². The molecule has 0 aromatic heterocycles. The van der Waals surface area contributed by atoms with Gasteiger partial charge in [-0.15, -0.1) is 0 Å². The van der Waals surface area contributed by atoms with Crippen LogP contribution in [-0.2, 0) is 15.6 Å². The minimum atomic E-state index is -4.45. The lowest BCUT2D eigenvalue weighted by Crippen LogP contribution is -2.40. The molecule has 1 aromatic rings. The smallest absolute Gasteiger partial charge is 0.337 e. The van der Waals surface area contributed by atoms with Crippen molar-refractivity contribution in [3.63, 3.8) is 0 Å². The molecule has 0 unspecified atom stereocenters. The molecular weight excluding hydrogens is 338 g/mol. The van der Waals surface area contributed by atoms with Gasteiger partial charge in [0.2, 0.25) is 9.84 Å². The van der Waals surface area contributed by atoms with Gasteiger partial charge in [0.05, 0.1) is 5.75 Å². The number of likely N-dealkylation sites (tertiary alicyclic amines) is 1. The Morgan fingerprint density at radius 3 is 2.33 bits per heavy atom. The molecule has 0 spiro atoms. The van der Waals surface area contributed by atoms with Crippen LogP contribution < -0.4 is 5.32 Å². The van der Waals surface area contributed by atoms with Crippen molar-refractivity contribution in [3.8, 4) is 0 Å². The van der Waals surface area contributed by atoms with E-state index in [9.17, 15) is 22.0 Å². The lowest BCUT2D eigenvalue weighted by Gasteiger charge is -2.32. The van der Waals surface area contributed by atoms with Crippen LogP contribution in [0.2, 0.25) is 0 Å². The Hall–Kier alpha value is -1.54. The predicted molar refractivity (Wildman–Crippen MR) is 87.6 cm³/mol. The van der Waals surface area contributed by atoms with Gasteiger partial charge in [0, 0.05) is 18.7 Å². The molecule has 1 aliphatic rings. The van der Waals surface area contributed by atoms with Gasteiger partial charge < -0.3 is 10.2 Å². The fourth-order valence-corrected chi connectivity index (χ4v) is 3.63. The first-order chi connectivity index (χ1) is 11.3. The van der Waals surface area contributed by atoms with E-state index in [1.54, 1.807) is 4.90 Å². The largest absolute Gasteiger partial charge is 0.339 e. The van der Waals surface area contributed by atoms with E-state index in [1.165, 1.54) is 24.3 Å². The molecular formula is C16H22F2N2O3S. The zero-order valence-electron chi connectivity index (χ0n) is 13.5. The van der Waals surface area contributed by atoms with Crippen LogP contribution in [0.15, 0.2) is 24.3 Å². The van der Waals surface area contributed by atoms with Gasteiger partial charge >= 0.3 is 5.76 Å². The Morgan fingerprint density at radius 1 is 1.25 bits per heavy atom. The maximum Gasteiger partial charge on any atom is 0.337 e. The fourth-order valence-electron chi connectivity index (χ4n) is 2.85. The molecule has 24 heavy (non-hydrogen) atoms. The second-order valence-corrected chi connectivity index (χ2v) is 8.03. The normalized spacial score (nSPS) is 16.6. The van der Waals surface area contributed by atoms with Gasteiger partial charge in [-0.25, -0.2) is 8.42 Å². The highest BCUT2D eigenvalue weighted by atomic mass is 32.2. The van der Waals surface area contributed by atoms with E-state index in [0.29, 0.717) is 24.6 Å². The summed E-state index contributed by atoms with van der Waals surface area (Å²) >= 11 is 0. The van der Waals surface area contributed by atoms with Gasteiger partial charge in [0.25, 0.3) is 5.91 Å². The molecule has 1 aromatic carbocycles. The maximum absolute atomic E-state index is 12.4. The third-order valence-electron chi connectivity index (χ3n) is 4.23. The number of alkyl halides is 2. The number of amides is 1. The minimum Gasteiger partial charge on any atom is -0.339 e. The molecule has 134 valence electrons. The molecule has 0 atom stereocenters. The topological polar surface area (TPSA) is 66.5 Å². The first-order valence-electron chi connectivity index (χ1n) is 7.86. The van der Waals surface area contributed by atoms with Crippen LogP contribution >= 0.6 is 0 Å². The summed E-state index contributed by atoms with van der Waals surface area (Å²) in [5.74, 6) is -3.66. The highest BCUT2D eigenvalue weighted by Gasteiger charge is 2.25. The fraction of sp³-hybridized carbons (Fsp3) is 0.562. The number of halogens is 2. The second-order valence-electron chi connectivity index (χ2n) is 6.06. The molecule has 1 heterocycles. The van der Waals surface area contributed by atoms with Crippen molar-refractivity contribution in [1.29, 1.82) is 0 Å². The Kier molecular flexibility index (Phi) is 6.28. The molecule has 1 saturated heterocycles. The van der Waals surface area contributed by atoms with Crippen molar-refractivity contribution in [3.05, 3.63) is 35.4 Å². The van der Waals surface area contributed by atoms with Crippen molar-refractivity contribution in [2.45, 2.75) is 24.4 Å². The molecule has 1 aliphatic heterocycles. The molecule has 0 aliphatic carbocycles. The summed E-state index contributed by atoms with van der Waals surface area (Å²) in [5, 5.41) is 3.14. The standard InChI is InChI=1S/C16H22F2N2O3S/c1-19-10-12-6-8-20(9-7-12)15(21)14-4-2-13(3-5-14)11-24(22,23)16(17)18/h2-5,12,16,19H,6-11H2,1H3. The van der Waals surface area contributed by atoms with Gasteiger partial charge in [-0.05, 0) is 50.0 Å². The van der Waals surface area contributed by atoms with Crippen LogP contribution in [-0.4, -0.2) is 51.7 Å². The Bertz CT molecular complexity index is 654. The summed E-state index contributed by atoms with van der Waals surface area (Å²) in [5.41, 5.74) is 0.694. The first-order valence-corrected chi connectivity index (χ1v) is 9.57. The van der Waals surface area contributed by atoms with E-state index in [-0.39, 0.29) is 11.5 Å². The number of carbonyl (C=O) groups excluding carboxylic acids is 1. The lowest BCUT2D eigenvalue weighted by molar-refractivity contribution is 0.0691. The van der Waals surface area contributed by atoms with E-state index >= 15 is 0 Å². The summed E-state index contributed by atoms with van der Waals surface area (Å²) in [7, 11) is -2.54. The lowest BCUT2D eigenvalue weighted by atomic mass is 9.96. The summed E-state index contributed by atoms with van der Waals surface area (Å²) in [6.45, 7) is 2.31. The maximum atomic E-state index is 12.4. The van der Waals surface area contributed by atoms with Crippen molar-refractivity contribution in [2.75, 3.05) is 26.7 Å². The molecule has 5 nitrogen and oxygen atoms in total. The number of rotatable bonds is 6. The highest BCUT2D eigenvalue weighted by molar-refractivity contribution is 7.90.